The Morgan fingerprint density at radius 3 is 2.74 bits per heavy atom. The fourth-order valence-electron chi connectivity index (χ4n) is 1.51. The van der Waals surface area contributed by atoms with Crippen LogP contribution in [0.25, 0.3) is 0 Å². The third-order valence-electron chi connectivity index (χ3n) is 2.26. The monoisotopic (exact) mass is 301 g/mol. The summed E-state index contributed by atoms with van der Waals surface area (Å²) in [6, 6.07) is 3.18. The topological polar surface area (TPSA) is 85.1 Å². The largest absolute Gasteiger partial charge is 0.361 e. The summed E-state index contributed by atoms with van der Waals surface area (Å²) in [5.74, 6) is 0.273. The molecule has 0 aliphatic rings. The summed E-state index contributed by atoms with van der Waals surface area (Å²) in [5.41, 5.74) is 1.39. The molecule has 0 aliphatic heterocycles. The molecule has 0 radical (unpaired) electrons. The molecule has 6 nitrogen and oxygen atoms in total. The van der Waals surface area contributed by atoms with E-state index < -0.39 is 10.0 Å². The van der Waals surface area contributed by atoms with Gasteiger partial charge in [-0.25, -0.2) is 13.4 Å². The fourth-order valence-corrected chi connectivity index (χ4v) is 2.80. The van der Waals surface area contributed by atoms with Crippen molar-refractivity contribution in [3.63, 3.8) is 0 Å². The van der Waals surface area contributed by atoms with E-state index in [0.717, 1.165) is 5.56 Å². The molecule has 0 saturated carbocycles. The molecule has 0 amide bonds. The summed E-state index contributed by atoms with van der Waals surface area (Å²) in [7, 11) is -3.61. The molecule has 0 spiro atoms. The van der Waals surface area contributed by atoms with Crippen molar-refractivity contribution < 1.29 is 12.9 Å². The number of nitrogens with zero attached hydrogens (tertiary/aromatic N) is 2. The fraction of sp³-hybridized carbons (Fsp3) is 0.273. The van der Waals surface area contributed by atoms with Gasteiger partial charge in [-0.05, 0) is 25.5 Å². The molecule has 102 valence electrons. The van der Waals surface area contributed by atoms with Crippen LogP contribution in [-0.2, 0) is 15.8 Å². The summed E-state index contributed by atoms with van der Waals surface area (Å²) < 4.78 is 31.1. The van der Waals surface area contributed by atoms with Crippen LogP contribution in [-0.4, -0.2) is 18.6 Å². The van der Waals surface area contributed by atoms with Crippen LogP contribution in [0.5, 0.6) is 0 Å². The van der Waals surface area contributed by atoms with E-state index in [9.17, 15) is 8.42 Å². The molecule has 0 aliphatic carbocycles. The first kappa shape index (κ1) is 13.8. The maximum Gasteiger partial charge on any atom is 0.238 e. The molecule has 2 rings (SSSR count). The van der Waals surface area contributed by atoms with Gasteiger partial charge >= 0.3 is 0 Å². The van der Waals surface area contributed by atoms with Gasteiger partial charge in [-0.2, -0.15) is 0 Å². The van der Waals surface area contributed by atoms with Gasteiger partial charge in [-0.3, -0.25) is 4.72 Å². The van der Waals surface area contributed by atoms with E-state index >= 15 is 0 Å². The number of aryl methyl sites for hydroxylation is 2. The summed E-state index contributed by atoms with van der Waals surface area (Å²) >= 11 is 5.84. The summed E-state index contributed by atoms with van der Waals surface area (Å²) in [5, 5.41) is 3.74. The second kappa shape index (κ2) is 5.18. The van der Waals surface area contributed by atoms with E-state index in [2.05, 4.69) is 14.9 Å². The van der Waals surface area contributed by atoms with E-state index in [1.807, 2.05) is 0 Å². The van der Waals surface area contributed by atoms with Crippen LogP contribution in [0.1, 0.15) is 17.0 Å². The van der Waals surface area contributed by atoms with Crippen molar-refractivity contribution in [2.75, 3.05) is 4.72 Å². The zero-order chi connectivity index (χ0) is 14.0. The number of anilines is 1. The second-order valence-electron chi connectivity index (χ2n) is 4.14. The van der Waals surface area contributed by atoms with Crippen molar-refractivity contribution >= 4 is 27.3 Å². The van der Waals surface area contributed by atoms with Crippen molar-refractivity contribution in [2.45, 2.75) is 19.6 Å². The second-order valence-corrected chi connectivity index (χ2v) is 6.22. The van der Waals surface area contributed by atoms with E-state index in [1.54, 1.807) is 32.2 Å². The number of rotatable bonds is 4. The van der Waals surface area contributed by atoms with Crippen molar-refractivity contribution in [2.24, 2.45) is 0 Å². The number of nitrogens with one attached hydrogen (secondary N) is 1. The molecular weight excluding hydrogens is 290 g/mol. The molecule has 0 fully saturated rings. The summed E-state index contributed by atoms with van der Waals surface area (Å²) in [4.78, 5) is 3.88. The molecule has 0 bridgehead atoms. The minimum Gasteiger partial charge on any atom is -0.361 e. The number of pyridine rings is 1. The van der Waals surface area contributed by atoms with Crippen molar-refractivity contribution in [3.8, 4) is 0 Å². The van der Waals surface area contributed by atoms with Crippen LogP contribution in [0.3, 0.4) is 0 Å². The van der Waals surface area contributed by atoms with Gasteiger partial charge in [0, 0.05) is 12.3 Å². The molecule has 0 saturated heterocycles. The molecule has 0 atom stereocenters. The minimum atomic E-state index is -3.61. The zero-order valence-electron chi connectivity index (χ0n) is 10.3. The highest BCUT2D eigenvalue weighted by Crippen LogP contribution is 2.22. The molecule has 2 aromatic heterocycles. The van der Waals surface area contributed by atoms with Gasteiger partial charge in [0.05, 0.1) is 5.69 Å². The first-order chi connectivity index (χ1) is 8.85. The van der Waals surface area contributed by atoms with E-state index in [1.165, 1.54) is 0 Å². The van der Waals surface area contributed by atoms with Gasteiger partial charge in [0.25, 0.3) is 0 Å². The predicted molar refractivity (Wildman–Crippen MR) is 71.5 cm³/mol. The normalized spacial score (nSPS) is 11.5. The maximum atomic E-state index is 12.0. The van der Waals surface area contributed by atoms with Crippen LogP contribution >= 0.6 is 11.6 Å². The number of hydrogen-bond acceptors (Lipinski definition) is 5. The lowest BCUT2D eigenvalue weighted by Gasteiger charge is -2.08. The van der Waals surface area contributed by atoms with Gasteiger partial charge in [-0.15, -0.1) is 0 Å². The SMILES string of the molecule is Cc1cnc(Cl)c(NS(=O)(=O)Cc2cc(C)on2)c1. The molecule has 2 aromatic rings. The zero-order valence-corrected chi connectivity index (χ0v) is 11.9. The quantitative estimate of drug-likeness (QED) is 0.876. The number of sulfonamides is 1. The Labute approximate surface area is 115 Å². The maximum absolute atomic E-state index is 12.0. The Morgan fingerprint density at radius 2 is 2.11 bits per heavy atom. The smallest absolute Gasteiger partial charge is 0.238 e. The molecule has 19 heavy (non-hydrogen) atoms. The third-order valence-corrected chi connectivity index (χ3v) is 3.76. The standard InChI is InChI=1S/C11H12ClN3O3S/c1-7-3-10(11(12)13-5-7)15-19(16,17)6-9-4-8(2)18-14-9/h3-5,15H,6H2,1-2H3. The lowest BCUT2D eigenvalue weighted by atomic mass is 10.3. The summed E-state index contributed by atoms with van der Waals surface area (Å²) in [6.07, 6.45) is 1.56. The van der Waals surface area contributed by atoms with Crippen LogP contribution in [0, 0.1) is 13.8 Å². The summed E-state index contributed by atoms with van der Waals surface area (Å²) in [6.45, 7) is 3.49. The minimum absolute atomic E-state index is 0.102. The van der Waals surface area contributed by atoms with Gasteiger partial charge in [-0.1, -0.05) is 16.8 Å². The highest BCUT2D eigenvalue weighted by molar-refractivity contribution is 7.91. The Kier molecular flexibility index (Phi) is 3.77. The van der Waals surface area contributed by atoms with Crippen LogP contribution < -0.4 is 4.72 Å². The number of aromatic nitrogens is 2. The highest BCUT2D eigenvalue weighted by atomic mass is 35.5. The van der Waals surface area contributed by atoms with Crippen LogP contribution in [0.15, 0.2) is 22.9 Å². The Balaban J connectivity index is 2.19. The van der Waals surface area contributed by atoms with Crippen molar-refractivity contribution in [1.29, 1.82) is 0 Å². The predicted octanol–water partition coefficient (Wildman–Crippen LogP) is 2.28. The molecule has 0 aromatic carbocycles. The lowest BCUT2D eigenvalue weighted by molar-refractivity contribution is 0.392. The van der Waals surface area contributed by atoms with Crippen molar-refractivity contribution in [3.05, 3.63) is 40.5 Å². The molecule has 2 heterocycles. The molecule has 8 heteroatoms. The highest BCUT2D eigenvalue weighted by Gasteiger charge is 2.16. The molecule has 1 N–H and O–H groups in total. The Bertz CT molecular complexity index is 697. The number of hydrogen-bond donors (Lipinski definition) is 1. The van der Waals surface area contributed by atoms with Crippen LogP contribution in [0.2, 0.25) is 5.15 Å². The Hall–Kier alpha value is -1.60. The third kappa shape index (κ3) is 3.68. The number of halogens is 1. The van der Waals surface area contributed by atoms with E-state index in [4.69, 9.17) is 16.1 Å². The molecule has 0 unspecified atom stereocenters. The van der Waals surface area contributed by atoms with Crippen molar-refractivity contribution in [1.82, 2.24) is 10.1 Å². The van der Waals surface area contributed by atoms with Gasteiger partial charge < -0.3 is 4.52 Å². The first-order valence-electron chi connectivity index (χ1n) is 5.40. The lowest BCUT2D eigenvalue weighted by Crippen LogP contribution is -2.16. The first-order valence-corrected chi connectivity index (χ1v) is 7.43. The van der Waals surface area contributed by atoms with E-state index in [0.29, 0.717) is 11.5 Å². The van der Waals surface area contributed by atoms with Gasteiger partial charge in [0.1, 0.15) is 17.2 Å². The molecular formula is C11H12ClN3O3S. The average molecular weight is 302 g/mol. The van der Waals surface area contributed by atoms with Gasteiger partial charge in [0.15, 0.2) is 5.15 Å². The van der Waals surface area contributed by atoms with E-state index in [-0.39, 0.29) is 16.6 Å². The Morgan fingerprint density at radius 1 is 1.37 bits per heavy atom. The average Bonchev–Trinajstić information content (AvgIpc) is 2.68. The van der Waals surface area contributed by atoms with Gasteiger partial charge in [0.2, 0.25) is 10.0 Å². The van der Waals surface area contributed by atoms with Crippen LogP contribution in [0.4, 0.5) is 5.69 Å².